The van der Waals surface area contributed by atoms with Crippen molar-refractivity contribution in [2.24, 2.45) is 0 Å². The minimum Gasteiger partial charge on any atom is -0.333 e. The van der Waals surface area contributed by atoms with E-state index >= 15 is 0 Å². The van der Waals surface area contributed by atoms with Crippen LogP contribution in [0.1, 0.15) is 49.0 Å². The lowest BCUT2D eigenvalue weighted by atomic mass is 9.99. The molecule has 2 aliphatic heterocycles. The molecule has 1 aromatic heterocycles. The van der Waals surface area contributed by atoms with Crippen molar-refractivity contribution < 1.29 is 9.59 Å². The van der Waals surface area contributed by atoms with Gasteiger partial charge in [-0.1, -0.05) is 35.1 Å². The van der Waals surface area contributed by atoms with Crippen LogP contribution in [0.3, 0.4) is 0 Å². The second-order valence-electron chi connectivity index (χ2n) is 8.14. The minimum absolute atomic E-state index is 0.0546. The zero-order valence-corrected chi connectivity index (χ0v) is 16.4. The first kappa shape index (κ1) is 18.1. The number of hydrogen-bond donors (Lipinski definition) is 0. The molecular weight excluding hydrogens is 366 g/mol. The molecule has 0 unspecified atom stereocenters. The van der Waals surface area contributed by atoms with Crippen LogP contribution in [0.4, 0.5) is 0 Å². The molecule has 2 atom stereocenters. The lowest BCUT2D eigenvalue weighted by Crippen LogP contribution is -2.40. The summed E-state index contributed by atoms with van der Waals surface area (Å²) in [5.41, 5.74) is 2.57. The monoisotopic (exact) mass is 391 g/mol. The Kier molecular flexibility index (Phi) is 4.66. The maximum atomic E-state index is 13.1. The highest BCUT2D eigenvalue weighted by Crippen LogP contribution is 2.34. The van der Waals surface area contributed by atoms with Gasteiger partial charge in [-0.2, -0.15) is 0 Å². The third-order valence-electron chi connectivity index (χ3n) is 6.37. The Morgan fingerprint density at radius 3 is 2.79 bits per heavy atom. The summed E-state index contributed by atoms with van der Waals surface area (Å²) in [5, 5.41) is 8.20. The average Bonchev–Trinajstić information content (AvgIpc) is 3.47. The SMILES string of the molecule is O=C1C[C@H]2[C@H](CCN2C(=O)c2cn(-c3ccccc3)nn2)N1CC1=CCCCC1. The Bertz CT molecular complexity index is 951. The first-order chi connectivity index (χ1) is 14.2. The standard InChI is InChI=1S/C22H25N5O2/c28-21-13-20-19(26(21)14-16-7-3-1-4-8-16)11-12-25(20)22(29)18-15-27(24-23-18)17-9-5-2-6-10-17/h2,5-7,9-10,15,19-20H,1,3-4,8,11-14H2/t19-,20-/m0/s1. The fourth-order valence-electron chi connectivity index (χ4n) is 4.87. The maximum Gasteiger partial charge on any atom is 0.276 e. The largest absolute Gasteiger partial charge is 0.333 e. The molecule has 2 amide bonds. The number of aromatic nitrogens is 3. The van der Waals surface area contributed by atoms with Crippen molar-refractivity contribution in [1.82, 2.24) is 24.8 Å². The van der Waals surface area contributed by atoms with Gasteiger partial charge in [-0.3, -0.25) is 9.59 Å². The van der Waals surface area contributed by atoms with Crippen LogP contribution in [-0.4, -0.2) is 61.8 Å². The van der Waals surface area contributed by atoms with Gasteiger partial charge >= 0.3 is 0 Å². The van der Waals surface area contributed by atoms with Crippen molar-refractivity contribution >= 4 is 11.8 Å². The molecule has 1 aliphatic carbocycles. The Hall–Kier alpha value is -2.96. The summed E-state index contributed by atoms with van der Waals surface area (Å²) in [4.78, 5) is 29.6. The lowest BCUT2D eigenvalue weighted by Gasteiger charge is -2.27. The summed E-state index contributed by atoms with van der Waals surface area (Å²) in [5.74, 6) is 0.0307. The van der Waals surface area contributed by atoms with Gasteiger partial charge in [0.05, 0.1) is 24.0 Å². The van der Waals surface area contributed by atoms with Crippen LogP contribution in [0.2, 0.25) is 0 Å². The zero-order valence-electron chi connectivity index (χ0n) is 16.4. The molecule has 29 heavy (non-hydrogen) atoms. The first-order valence-electron chi connectivity index (χ1n) is 10.5. The third-order valence-corrected chi connectivity index (χ3v) is 6.37. The molecule has 7 nitrogen and oxygen atoms in total. The van der Waals surface area contributed by atoms with Gasteiger partial charge in [-0.05, 0) is 44.2 Å². The highest BCUT2D eigenvalue weighted by molar-refractivity contribution is 5.93. The Labute approximate surface area is 170 Å². The fourth-order valence-corrected chi connectivity index (χ4v) is 4.87. The number of benzene rings is 1. The summed E-state index contributed by atoms with van der Waals surface area (Å²) < 4.78 is 1.61. The van der Waals surface area contributed by atoms with Gasteiger partial charge in [0.1, 0.15) is 0 Å². The smallest absolute Gasteiger partial charge is 0.276 e. The molecule has 3 aliphatic rings. The fraction of sp³-hybridized carbons (Fsp3) is 0.455. The van der Waals surface area contributed by atoms with Crippen molar-refractivity contribution in [3.63, 3.8) is 0 Å². The molecule has 3 heterocycles. The second kappa shape index (κ2) is 7.46. The molecule has 7 heteroatoms. The third kappa shape index (κ3) is 3.34. The molecule has 0 bridgehead atoms. The van der Waals surface area contributed by atoms with Crippen LogP contribution in [0.15, 0.2) is 48.2 Å². The van der Waals surface area contributed by atoms with Crippen LogP contribution in [0.25, 0.3) is 5.69 Å². The van der Waals surface area contributed by atoms with Crippen molar-refractivity contribution in [3.05, 3.63) is 53.9 Å². The predicted molar refractivity (Wildman–Crippen MR) is 107 cm³/mol. The number of rotatable bonds is 4. The Morgan fingerprint density at radius 1 is 1.14 bits per heavy atom. The maximum absolute atomic E-state index is 13.1. The van der Waals surface area contributed by atoms with Gasteiger partial charge in [0, 0.05) is 19.5 Å². The molecule has 2 saturated heterocycles. The number of carbonyl (C=O) groups excluding carboxylic acids is 2. The normalized spacial score (nSPS) is 24.0. The van der Waals surface area contributed by atoms with E-state index in [1.807, 2.05) is 40.1 Å². The number of fused-ring (bicyclic) bond motifs is 1. The van der Waals surface area contributed by atoms with Crippen LogP contribution >= 0.6 is 0 Å². The van der Waals surface area contributed by atoms with E-state index in [1.165, 1.54) is 18.4 Å². The number of para-hydroxylation sites is 1. The summed E-state index contributed by atoms with van der Waals surface area (Å²) in [7, 11) is 0. The molecule has 2 fully saturated rings. The number of carbonyl (C=O) groups is 2. The number of amides is 2. The number of hydrogen-bond acceptors (Lipinski definition) is 4. The molecule has 1 aromatic carbocycles. The molecule has 0 N–H and O–H groups in total. The number of likely N-dealkylation sites (tertiary alicyclic amines) is 2. The first-order valence-corrected chi connectivity index (χ1v) is 10.5. The van der Waals surface area contributed by atoms with E-state index in [-0.39, 0.29) is 23.9 Å². The van der Waals surface area contributed by atoms with Crippen molar-refractivity contribution in [3.8, 4) is 5.69 Å². The Balaban J connectivity index is 1.31. The van der Waals surface area contributed by atoms with Gasteiger partial charge < -0.3 is 9.80 Å². The van der Waals surface area contributed by atoms with Gasteiger partial charge in [0.2, 0.25) is 5.91 Å². The van der Waals surface area contributed by atoms with Gasteiger partial charge in [-0.25, -0.2) is 4.68 Å². The summed E-state index contributed by atoms with van der Waals surface area (Å²) in [6.45, 7) is 1.39. The van der Waals surface area contributed by atoms with Crippen LogP contribution < -0.4 is 0 Å². The predicted octanol–water partition coefficient (Wildman–Crippen LogP) is 2.58. The topological polar surface area (TPSA) is 71.3 Å². The molecular formula is C22H25N5O2. The van der Waals surface area contributed by atoms with E-state index < -0.39 is 0 Å². The van der Waals surface area contributed by atoms with E-state index in [2.05, 4.69) is 16.4 Å². The van der Waals surface area contributed by atoms with E-state index in [1.54, 1.807) is 10.9 Å². The average molecular weight is 391 g/mol. The highest BCUT2D eigenvalue weighted by atomic mass is 16.2. The molecule has 0 radical (unpaired) electrons. The summed E-state index contributed by atoms with van der Waals surface area (Å²) in [6, 6.07) is 9.68. The number of nitrogens with zero attached hydrogens (tertiary/aromatic N) is 5. The van der Waals surface area contributed by atoms with E-state index in [0.29, 0.717) is 18.7 Å². The van der Waals surface area contributed by atoms with Gasteiger partial charge in [0.15, 0.2) is 5.69 Å². The zero-order chi connectivity index (χ0) is 19.8. The van der Waals surface area contributed by atoms with E-state index in [9.17, 15) is 9.59 Å². The summed E-state index contributed by atoms with van der Waals surface area (Å²) in [6.07, 6.45) is 9.88. The lowest BCUT2D eigenvalue weighted by molar-refractivity contribution is -0.128. The van der Waals surface area contributed by atoms with E-state index in [4.69, 9.17) is 0 Å². The molecule has 0 saturated carbocycles. The highest BCUT2D eigenvalue weighted by Gasteiger charge is 2.48. The Morgan fingerprint density at radius 2 is 2.00 bits per heavy atom. The van der Waals surface area contributed by atoms with Crippen molar-refractivity contribution in [1.29, 1.82) is 0 Å². The van der Waals surface area contributed by atoms with E-state index in [0.717, 1.165) is 31.5 Å². The van der Waals surface area contributed by atoms with Crippen LogP contribution in [0, 0.1) is 0 Å². The van der Waals surface area contributed by atoms with Crippen molar-refractivity contribution in [2.75, 3.05) is 13.1 Å². The van der Waals surface area contributed by atoms with Crippen molar-refractivity contribution in [2.45, 2.75) is 50.6 Å². The minimum atomic E-state index is -0.133. The molecule has 5 rings (SSSR count). The second-order valence-corrected chi connectivity index (χ2v) is 8.14. The van der Waals surface area contributed by atoms with Gasteiger partial charge in [-0.15, -0.1) is 5.10 Å². The quantitative estimate of drug-likeness (QED) is 0.751. The van der Waals surface area contributed by atoms with Crippen LogP contribution in [0.5, 0.6) is 0 Å². The molecule has 0 spiro atoms. The number of allylic oxidation sites excluding steroid dienone is 1. The molecule has 150 valence electrons. The van der Waals surface area contributed by atoms with Gasteiger partial charge in [0.25, 0.3) is 5.91 Å². The summed E-state index contributed by atoms with van der Waals surface area (Å²) >= 11 is 0. The molecule has 2 aromatic rings. The van der Waals surface area contributed by atoms with Crippen LogP contribution in [-0.2, 0) is 4.79 Å².